The van der Waals surface area contributed by atoms with Crippen LogP contribution in [0.4, 0.5) is 4.39 Å². The number of aromatic nitrogens is 4. The Labute approximate surface area is 130 Å². The number of nitrogens with zero attached hydrogens (tertiary/aromatic N) is 4. The van der Waals surface area contributed by atoms with Crippen LogP contribution in [0.1, 0.15) is 10.4 Å². The van der Waals surface area contributed by atoms with Crippen LogP contribution in [0.2, 0.25) is 0 Å². The summed E-state index contributed by atoms with van der Waals surface area (Å²) >= 11 is 1.27. The highest BCUT2D eigenvalue weighted by Crippen LogP contribution is 2.22. The fourth-order valence-electron chi connectivity index (χ4n) is 1.82. The first kappa shape index (κ1) is 14.4. The number of Topliss-reactive ketones (excluding diaryl/α,β-unsaturated/α-hetero) is 1. The van der Waals surface area contributed by atoms with Crippen LogP contribution in [0, 0.1) is 5.82 Å². The smallest absolute Gasteiger partial charge is 0.186 e. The van der Waals surface area contributed by atoms with Gasteiger partial charge in [-0.25, -0.2) is 19.0 Å². The summed E-state index contributed by atoms with van der Waals surface area (Å²) in [5, 5.41) is 4.73. The van der Waals surface area contributed by atoms with Crippen molar-refractivity contribution in [3.8, 4) is 5.82 Å². The summed E-state index contributed by atoms with van der Waals surface area (Å²) in [7, 11) is 0. The second-order valence-electron chi connectivity index (χ2n) is 4.35. The molecule has 0 saturated heterocycles. The van der Waals surface area contributed by atoms with E-state index in [0.29, 0.717) is 16.4 Å². The molecule has 7 heteroatoms. The van der Waals surface area contributed by atoms with Gasteiger partial charge in [-0.15, -0.1) is 0 Å². The van der Waals surface area contributed by atoms with Gasteiger partial charge in [0.05, 0.1) is 5.75 Å². The fourth-order valence-corrected chi connectivity index (χ4v) is 2.67. The van der Waals surface area contributed by atoms with Gasteiger partial charge >= 0.3 is 0 Å². The Balaban J connectivity index is 1.74. The molecule has 3 aromatic rings. The maximum Gasteiger partial charge on any atom is 0.186 e. The van der Waals surface area contributed by atoms with Crippen LogP contribution in [0.5, 0.6) is 0 Å². The summed E-state index contributed by atoms with van der Waals surface area (Å²) in [6.07, 6.45) is 6.54. The predicted octanol–water partition coefficient (Wildman–Crippen LogP) is 2.78. The third-order valence-electron chi connectivity index (χ3n) is 2.87. The van der Waals surface area contributed by atoms with Crippen molar-refractivity contribution < 1.29 is 9.18 Å². The molecule has 0 radical (unpaired) electrons. The zero-order chi connectivity index (χ0) is 15.4. The molecule has 0 aliphatic rings. The summed E-state index contributed by atoms with van der Waals surface area (Å²) in [6, 6.07) is 7.28. The average Bonchev–Trinajstić information content (AvgIpc) is 3.08. The number of carbonyl (C=O) groups excluding carboxylic acids is 1. The van der Waals surface area contributed by atoms with Crippen molar-refractivity contribution in [2.75, 3.05) is 5.75 Å². The number of ketones is 1. The summed E-state index contributed by atoms with van der Waals surface area (Å²) in [5.74, 6) is 0.309. The second kappa shape index (κ2) is 6.48. The van der Waals surface area contributed by atoms with E-state index >= 15 is 0 Å². The lowest BCUT2D eigenvalue weighted by atomic mass is 10.1. The molecule has 0 bridgehead atoms. The molecule has 0 aliphatic heterocycles. The minimum atomic E-state index is -0.362. The van der Waals surface area contributed by atoms with Gasteiger partial charge in [0.25, 0.3) is 0 Å². The summed E-state index contributed by atoms with van der Waals surface area (Å²) in [6.45, 7) is 0. The van der Waals surface area contributed by atoms with E-state index in [-0.39, 0.29) is 17.4 Å². The SMILES string of the molecule is O=C(CSc1nccnc1-n1cccn1)c1ccc(F)cc1. The lowest BCUT2D eigenvalue weighted by molar-refractivity contribution is 0.102. The molecule has 2 heterocycles. The first-order valence-corrected chi connectivity index (χ1v) is 7.45. The highest BCUT2D eigenvalue weighted by Gasteiger charge is 2.12. The van der Waals surface area contributed by atoms with Crippen molar-refractivity contribution in [2.45, 2.75) is 5.03 Å². The van der Waals surface area contributed by atoms with Crippen LogP contribution in [-0.4, -0.2) is 31.3 Å². The lowest BCUT2D eigenvalue weighted by Crippen LogP contribution is -2.05. The Morgan fingerprint density at radius 1 is 1.14 bits per heavy atom. The van der Waals surface area contributed by atoms with E-state index in [1.165, 1.54) is 36.0 Å². The number of carbonyl (C=O) groups is 1. The normalized spacial score (nSPS) is 10.6. The second-order valence-corrected chi connectivity index (χ2v) is 5.32. The van der Waals surface area contributed by atoms with E-state index in [9.17, 15) is 9.18 Å². The molecule has 0 aliphatic carbocycles. The Morgan fingerprint density at radius 3 is 2.64 bits per heavy atom. The van der Waals surface area contributed by atoms with E-state index in [1.807, 2.05) is 0 Å². The van der Waals surface area contributed by atoms with Gasteiger partial charge in [0.1, 0.15) is 10.8 Å². The topological polar surface area (TPSA) is 60.7 Å². The van der Waals surface area contributed by atoms with Crippen LogP contribution >= 0.6 is 11.8 Å². The number of hydrogen-bond acceptors (Lipinski definition) is 5. The number of hydrogen-bond donors (Lipinski definition) is 0. The summed E-state index contributed by atoms with van der Waals surface area (Å²) < 4.78 is 14.5. The van der Waals surface area contributed by atoms with E-state index in [0.717, 1.165) is 0 Å². The van der Waals surface area contributed by atoms with Gasteiger partial charge in [-0.2, -0.15) is 5.10 Å². The Kier molecular flexibility index (Phi) is 4.24. The molecule has 1 aromatic carbocycles. The Morgan fingerprint density at radius 2 is 1.91 bits per heavy atom. The van der Waals surface area contributed by atoms with Gasteiger partial charge in [0.15, 0.2) is 11.6 Å². The largest absolute Gasteiger partial charge is 0.293 e. The van der Waals surface area contributed by atoms with Gasteiger partial charge < -0.3 is 0 Å². The highest BCUT2D eigenvalue weighted by molar-refractivity contribution is 8.00. The first-order chi connectivity index (χ1) is 10.7. The van der Waals surface area contributed by atoms with Crippen molar-refractivity contribution in [3.05, 3.63) is 66.5 Å². The lowest BCUT2D eigenvalue weighted by Gasteiger charge is -2.06. The molecule has 5 nitrogen and oxygen atoms in total. The number of benzene rings is 1. The molecular formula is C15H11FN4OS. The number of halogens is 1. The van der Waals surface area contributed by atoms with Crippen LogP contribution in [0.25, 0.3) is 5.82 Å². The number of thioether (sulfide) groups is 1. The molecule has 3 rings (SSSR count). The van der Waals surface area contributed by atoms with Crippen molar-refractivity contribution in [1.82, 2.24) is 19.7 Å². The van der Waals surface area contributed by atoms with E-state index in [4.69, 9.17) is 0 Å². The summed E-state index contributed by atoms with van der Waals surface area (Å²) in [4.78, 5) is 20.6. The van der Waals surface area contributed by atoms with Crippen molar-refractivity contribution >= 4 is 17.5 Å². The van der Waals surface area contributed by atoms with E-state index in [2.05, 4.69) is 15.1 Å². The first-order valence-electron chi connectivity index (χ1n) is 6.46. The summed E-state index contributed by atoms with van der Waals surface area (Å²) in [5.41, 5.74) is 0.471. The van der Waals surface area contributed by atoms with Gasteiger partial charge in [-0.1, -0.05) is 11.8 Å². The predicted molar refractivity (Wildman–Crippen MR) is 80.6 cm³/mol. The average molecular weight is 314 g/mol. The van der Waals surface area contributed by atoms with E-state index in [1.54, 1.807) is 35.5 Å². The third-order valence-corrected chi connectivity index (χ3v) is 3.84. The molecule has 0 fully saturated rings. The van der Waals surface area contributed by atoms with Crippen LogP contribution in [0.3, 0.4) is 0 Å². The van der Waals surface area contributed by atoms with Crippen molar-refractivity contribution in [2.24, 2.45) is 0 Å². The maximum atomic E-state index is 12.9. The zero-order valence-electron chi connectivity index (χ0n) is 11.4. The maximum absolute atomic E-state index is 12.9. The molecule has 0 spiro atoms. The van der Waals surface area contributed by atoms with Crippen molar-refractivity contribution in [1.29, 1.82) is 0 Å². The van der Waals surface area contributed by atoms with Crippen LogP contribution in [-0.2, 0) is 0 Å². The van der Waals surface area contributed by atoms with E-state index < -0.39 is 0 Å². The monoisotopic (exact) mass is 314 g/mol. The minimum Gasteiger partial charge on any atom is -0.293 e. The molecule has 0 N–H and O–H groups in total. The van der Waals surface area contributed by atoms with Gasteiger partial charge in [0.2, 0.25) is 0 Å². The van der Waals surface area contributed by atoms with Crippen molar-refractivity contribution in [3.63, 3.8) is 0 Å². The van der Waals surface area contributed by atoms with Gasteiger partial charge in [-0.3, -0.25) is 4.79 Å². The molecule has 0 saturated carbocycles. The quantitative estimate of drug-likeness (QED) is 0.535. The van der Waals surface area contributed by atoms with Crippen LogP contribution < -0.4 is 0 Å². The van der Waals surface area contributed by atoms with Crippen LogP contribution in [0.15, 0.2) is 60.1 Å². The fraction of sp³-hybridized carbons (Fsp3) is 0.0667. The molecular weight excluding hydrogens is 303 g/mol. The highest BCUT2D eigenvalue weighted by atomic mass is 32.2. The Hall–Kier alpha value is -2.54. The Bertz CT molecular complexity index is 775. The molecule has 0 amide bonds. The minimum absolute atomic E-state index is 0.0953. The molecule has 0 unspecified atom stereocenters. The van der Waals surface area contributed by atoms with Gasteiger partial charge in [0, 0.05) is 30.4 Å². The molecule has 22 heavy (non-hydrogen) atoms. The number of rotatable bonds is 5. The zero-order valence-corrected chi connectivity index (χ0v) is 12.2. The standard InChI is InChI=1S/C15H11FN4OS/c16-12-4-2-11(3-5-12)13(21)10-22-15-14(17-7-8-18-15)20-9-1-6-19-20/h1-9H,10H2. The molecule has 2 aromatic heterocycles. The van der Waals surface area contributed by atoms with Gasteiger partial charge in [-0.05, 0) is 30.3 Å². The third kappa shape index (κ3) is 3.20. The molecule has 110 valence electrons. The molecule has 0 atom stereocenters.